The number of hydrogen-bond acceptors (Lipinski definition) is 4. The van der Waals surface area contributed by atoms with E-state index in [1.165, 1.54) is 0 Å². The van der Waals surface area contributed by atoms with E-state index in [4.69, 9.17) is 9.47 Å². The van der Waals surface area contributed by atoms with Gasteiger partial charge in [0.25, 0.3) is 0 Å². The molecule has 94 valence electrons. The maximum absolute atomic E-state index is 10.9. The lowest BCUT2D eigenvalue weighted by Crippen LogP contribution is -2.03. The molecule has 0 aliphatic heterocycles. The second-order valence-corrected chi connectivity index (χ2v) is 4.79. The minimum absolute atomic E-state index is 0.535. The van der Waals surface area contributed by atoms with E-state index in [-0.39, 0.29) is 0 Å². The van der Waals surface area contributed by atoms with Gasteiger partial charge in [-0.1, -0.05) is 13.0 Å². The number of hydrogen-bond donors (Lipinski definition) is 0. The van der Waals surface area contributed by atoms with Crippen molar-refractivity contribution >= 4 is 18.0 Å². The first kappa shape index (κ1) is 13.9. The lowest BCUT2D eigenvalue weighted by molar-refractivity contribution is 0.111. The fraction of sp³-hybridized carbons (Fsp3) is 0.462. The molecule has 0 fully saturated rings. The molecule has 17 heavy (non-hydrogen) atoms. The fourth-order valence-corrected chi connectivity index (χ4v) is 2.03. The summed E-state index contributed by atoms with van der Waals surface area (Å²) in [6.07, 6.45) is 1.76. The van der Waals surface area contributed by atoms with Crippen LogP contribution in [0.2, 0.25) is 0 Å². The van der Waals surface area contributed by atoms with Crippen LogP contribution in [-0.2, 0) is 0 Å². The molecule has 1 rings (SSSR count). The summed E-state index contributed by atoms with van der Waals surface area (Å²) in [6.45, 7) is 2.74. The molecule has 0 aliphatic rings. The third-order valence-electron chi connectivity index (χ3n) is 2.24. The van der Waals surface area contributed by atoms with Gasteiger partial charge >= 0.3 is 0 Å². The molecule has 0 spiro atoms. The van der Waals surface area contributed by atoms with Gasteiger partial charge in [0.05, 0.1) is 19.3 Å². The molecule has 3 nitrogen and oxygen atoms in total. The van der Waals surface area contributed by atoms with Gasteiger partial charge in [0, 0.05) is 0 Å². The molecule has 0 heterocycles. The van der Waals surface area contributed by atoms with Crippen molar-refractivity contribution in [2.45, 2.75) is 13.3 Å². The van der Waals surface area contributed by atoms with Gasteiger partial charge in [-0.25, -0.2) is 0 Å². The molecule has 0 atom stereocenters. The average Bonchev–Trinajstić information content (AvgIpc) is 2.38. The maximum Gasteiger partial charge on any atom is 0.171 e. The molecule has 0 bridgehead atoms. The highest BCUT2D eigenvalue weighted by Crippen LogP contribution is 2.30. The van der Waals surface area contributed by atoms with Crippen LogP contribution in [0.1, 0.15) is 23.7 Å². The average molecular weight is 254 g/mol. The van der Waals surface area contributed by atoms with Crippen LogP contribution in [-0.4, -0.2) is 31.5 Å². The zero-order valence-electron chi connectivity index (χ0n) is 10.3. The van der Waals surface area contributed by atoms with Crippen LogP contribution in [0.5, 0.6) is 11.5 Å². The fourth-order valence-electron chi connectivity index (χ4n) is 1.42. The summed E-state index contributed by atoms with van der Waals surface area (Å²) in [5, 5.41) is 0. The van der Waals surface area contributed by atoms with E-state index in [9.17, 15) is 4.79 Å². The van der Waals surface area contributed by atoms with Crippen molar-refractivity contribution in [3.8, 4) is 11.5 Å². The number of methoxy groups -OCH3 is 1. The van der Waals surface area contributed by atoms with Crippen molar-refractivity contribution in [1.29, 1.82) is 0 Å². The Labute approximate surface area is 106 Å². The van der Waals surface area contributed by atoms with Crippen LogP contribution in [0.4, 0.5) is 0 Å². The van der Waals surface area contributed by atoms with E-state index in [0.29, 0.717) is 23.7 Å². The van der Waals surface area contributed by atoms with Gasteiger partial charge in [0.15, 0.2) is 17.8 Å². The maximum atomic E-state index is 10.9. The molecule has 1 aromatic rings. The summed E-state index contributed by atoms with van der Waals surface area (Å²) < 4.78 is 10.8. The molecule has 1 aromatic carbocycles. The van der Waals surface area contributed by atoms with Crippen molar-refractivity contribution in [2.24, 2.45) is 0 Å². The minimum Gasteiger partial charge on any atom is -0.493 e. The van der Waals surface area contributed by atoms with Crippen LogP contribution < -0.4 is 9.47 Å². The van der Waals surface area contributed by atoms with Gasteiger partial charge in [0.1, 0.15) is 0 Å². The van der Waals surface area contributed by atoms with E-state index >= 15 is 0 Å². The Hall–Kier alpha value is -1.16. The first-order valence-corrected chi connectivity index (χ1v) is 6.81. The zero-order chi connectivity index (χ0) is 12.5. The molecule has 0 aromatic heterocycles. The molecule has 0 amide bonds. The lowest BCUT2D eigenvalue weighted by atomic mass is 10.2. The number of para-hydroxylation sites is 1. The zero-order valence-corrected chi connectivity index (χ0v) is 11.1. The Morgan fingerprint density at radius 3 is 2.88 bits per heavy atom. The number of carbonyl (C=O) groups excluding carboxylic acids is 1. The van der Waals surface area contributed by atoms with Gasteiger partial charge in [-0.15, -0.1) is 0 Å². The second-order valence-electron chi connectivity index (χ2n) is 3.40. The Morgan fingerprint density at radius 1 is 1.41 bits per heavy atom. The van der Waals surface area contributed by atoms with Crippen molar-refractivity contribution in [1.82, 2.24) is 0 Å². The SMILES string of the molecule is CCSCCCOc1c(C=O)cccc1OC. The van der Waals surface area contributed by atoms with Crippen LogP contribution in [0.25, 0.3) is 0 Å². The molecule has 0 aliphatic carbocycles. The summed E-state index contributed by atoms with van der Waals surface area (Å²) in [7, 11) is 1.57. The smallest absolute Gasteiger partial charge is 0.171 e. The monoisotopic (exact) mass is 254 g/mol. The molecule has 0 N–H and O–H groups in total. The van der Waals surface area contributed by atoms with Gasteiger partial charge in [-0.2, -0.15) is 11.8 Å². The third kappa shape index (κ3) is 4.30. The summed E-state index contributed by atoms with van der Waals surface area (Å²) in [5.74, 6) is 3.35. The number of thioether (sulfide) groups is 1. The summed E-state index contributed by atoms with van der Waals surface area (Å²) >= 11 is 1.88. The normalized spacial score (nSPS) is 10.0. The number of carbonyl (C=O) groups is 1. The van der Waals surface area contributed by atoms with Gasteiger partial charge < -0.3 is 9.47 Å². The highest BCUT2D eigenvalue weighted by molar-refractivity contribution is 7.99. The topological polar surface area (TPSA) is 35.5 Å². The number of aldehydes is 1. The number of benzene rings is 1. The van der Waals surface area contributed by atoms with Crippen LogP contribution in [0.3, 0.4) is 0 Å². The molecule has 0 saturated carbocycles. The van der Waals surface area contributed by atoms with Crippen LogP contribution in [0, 0.1) is 0 Å². The molecule has 0 radical (unpaired) electrons. The highest BCUT2D eigenvalue weighted by atomic mass is 32.2. The van der Waals surface area contributed by atoms with Gasteiger partial charge in [-0.05, 0) is 30.1 Å². The van der Waals surface area contributed by atoms with Crippen molar-refractivity contribution < 1.29 is 14.3 Å². The van der Waals surface area contributed by atoms with Crippen molar-refractivity contribution in [3.63, 3.8) is 0 Å². The standard InChI is InChI=1S/C13H18O3S/c1-3-17-9-5-8-16-13-11(10-14)6-4-7-12(13)15-2/h4,6-7,10H,3,5,8-9H2,1-2H3. The van der Waals surface area contributed by atoms with E-state index < -0.39 is 0 Å². The molecule has 0 saturated heterocycles. The van der Waals surface area contributed by atoms with Gasteiger partial charge in [0.2, 0.25) is 0 Å². The van der Waals surface area contributed by atoms with E-state index in [1.54, 1.807) is 25.3 Å². The van der Waals surface area contributed by atoms with E-state index in [0.717, 1.165) is 24.2 Å². The number of rotatable bonds is 8. The Balaban J connectivity index is 2.58. The summed E-state index contributed by atoms with van der Waals surface area (Å²) in [6, 6.07) is 5.30. The first-order valence-electron chi connectivity index (χ1n) is 5.66. The first-order chi connectivity index (χ1) is 8.33. The molecule has 4 heteroatoms. The van der Waals surface area contributed by atoms with Crippen molar-refractivity contribution in [3.05, 3.63) is 23.8 Å². The predicted octanol–water partition coefficient (Wildman–Crippen LogP) is 3.03. The molecule has 0 unspecified atom stereocenters. The highest BCUT2D eigenvalue weighted by Gasteiger charge is 2.09. The summed E-state index contributed by atoms with van der Waals surface area (Å²) in [5.41, 5.74) is 0.535. The van der Waals surface area contributed by atoms with Crippen LogP contribution >= 0.6 is 11.8 Å². The minimum atomic E-state index is 0.535. The van der Waals surface area contributed by atoms with Gasteiger partial charge in [-0.3, -0.25) is 4.79 Å². The Bertz CT molecular complexity index is 353. The summed E-state index contributed by atoms with van der Waals surface area (Å²) in [4.78, 5) is 10.9. The van der Waals surface area contributed by atoms with Crippen molar-refractivity contribution in [2.75, 3.05) is 25.2 Å². The third-order valence-corrected chi connectivity index (χ3v) is 3.23. The second kappa shape index (κ2) is 8.01. The Kier molecular flexibility index (Phi) is 6.55. The predicted molar refractivity (Wildman–Crippen MR) is 71.5 cm³/mol. The number of ether oxygens (including phenoxy) is 2. The molecular weight excluding hydrogens is 236 g/mol. The quantitative estimate of drug-likeness (QED) is 0.527. The van der Waals surface area contributed by atoms with E-state index in [1.807, 2.05) is 11.8 Å². The van der Waals surface area contributed by atoms with E-state index in [2.05, 4.69) is 6.92 Å². The largest absolute Gasteiger partial charge is 0.493 e. The molecular formula is C13H18O3S. The lowest BCUT2D eigenvalue weighted by Gasteiger charge is -2.12. The van der Waals surface area contributed by atoms with Crippen LogP contribution in [0.15, 0.2) is 18.2 Å². The Morgan fingerprint density at radius 2 is 2.24 bits per heavy atom.